The average molecular weight is 290 g/mol. The molecule has 5 heteroatoms. The van der Waals surface area contributed by atoms with Gasteiger partial charge in [0.2, 0.25) is 0 Å². The molecular weight excluding hydrogens is 274 g/mol. The quantitative estimate of drug-likeness (QED) is 0.349. The van der Waals surface area contributed by atoms with Crippen molar-refractivity contribution in [2.75, 3.05) is 26.0 Å². The Hall–Kier alpha value is -0.620. The molecule has 1 aromatic rings. The van der Waals surface area contributed by atoms with Gasteiger partial charge in [-0.15, -0.1) is 0 Å². The van der Waals surface area contributed by atoms with Crippen LogP contribution in [0.5, 0.6) is 0 Å². The number of nitrogens with zero attached hydrogens (tertiary/aromatic N) is 1. The van der Waals surface area contributed by atoms with E-state index in [1.54, 1.807) is 12.2 Å². The predicted octanol–water partition coefficient (Wildman–Crippen LogP) is 2.79. The van der Waals surface area contributed by atoms with Gasteiger partial charge in [-0.25, -0.2) is 14.8 Å². The number of hydrogen-bond acceptors (Lipinski definition) is 4. The van der Waals surface area contributed by atoms with Crippen molar-refractivity contribution in [1.82, 2.24) is 0 Å². The zero-order chi connectivity index (χ0) is 12.0. The Labute approximate surface area is 104 Å². The van der Waals surface area contributed by atoms with Crippen LogP contribution in [0.25, 0.3) is 0 Å². The highest BCUT2D eigenvalue weighted by Crippen LogP contribution is 2.27. The third-order valence-corrected chi connectivity index (χ3v) is 2.83. The van der Waals surface area contributed by atoms with E-state index in [2.05, 4.69) is 20.8 Å². The van der Waals surface area contributed by atoms with Gasteiger partial charge in [0.05, 0.1) is 19.9 Å². The van der Waals surface area contributed by atoms with Gasteiger partial charge in [-0.2, -0.15) is 0 Å². The van der Waals surface area contributed by atoms with Gasteiger partial charge in [0.15, 0.2) is 6.73 Å². The van der Waals surface area contributed by atoms with Crippen molar-refractivity contribution in [2.24, 2.45) is 0 Å². The molecule has 0 fully saturated rings. The third kappa shape index (κ3) is 3.18. The number of hydroxylamine groups is 1. The summed E-state index contributed by atoms with van der Waals surface area (Å²) < 4.78 is 0. The predicted molar refractivity (Wildman–Crippen MR) is 66.3 cm³/mol. The van der Waals surface area contributed by atoms with Crippen molar-refractivity contribution in [2.45, 2.75) is 12.3 Å². The van der Waals surface area contributed by atoms with Crippen LogP contribution < -0.4 is 5.06 Å². The van der Waals surface area contributed by atoms with Crippen LogP contribution in [0.15, 0.2) is 18.2 Å². The summed E-state index contributed by atoms with van der Waals surface area (Å²) in [6.45, 7) is 2.25. The molecule has 0 saturated carbocycles. The summed E-state index contributed by atoms with van der Waals surface area (Å²) in [6, 6.07) is 6.08. The molecule has 1 rings (SSSR count). The van der Waals surface area contributed by atoms with E-state index in [-0.39, 0.29) is 6.73 Å². The SMILES string of the molecule is COOCN(OC)c1c(C)cccc1CBr. The monoisotopic (exact) mass is 289 g/mol. The van der Waals surface area contributed by atoms with E-state index in [0.717, 1.165) is 22.1 Å². The zero-order valence-corrected chi connectivity index (χ0v) is 11.3. The van der Waals surface area contributed by atoms with Crippen LogP contribution in [0.2, 0.25) is 0 Å². The van der Waals surface area contributed by atoms with Gasteiger partial charge in [-0.3, -0.25) is 4.84 Å². The fraction of sp³-hybridized carbons (Fsp3) is 0.455. The summed E-state index contributed by atoms with van der Waals surface area (Å²) in [5.74, 6) is 0. The number of benzene rings is 1. The smallest absolute Gasteiger partial charge is 0.178 e. The molecule has 0 aliphatic carbocycles. The van der Waals surface area contributed by atoms with E-state index in [1.165, 1.54) is 7.11 Å². The van der Waals surface area contributed by atoms with Crippen LogP contribution in [-0.2, 0) is 19.9 Å². The highest BCUT2D eigenvalue weighted by Gasteiger charge is 2.13. The number of halogens is 1. The van der Waals surface area contributed by atoms with Crippen molar-refractivity contribution in [1.29, 1.82) is 0 Å². The number of anilines is 1. The lowest BCUT2D eigenvalue weighted by Crippen LogP contribution is -2.26. The van der Waals surface area contributed by atoms with Gasteiger partial charge in [0.1, 0.15) is 0 Å². The summed E-state index contributed by atoms with van der Waals surface area (Å²) in [5.41, 5.74) is 3.26. The Morgan fingerprint density at radius 3 is 2.62 bits per heavy atom. The largest absolute Gasteiger partial charge is 0.274 e. The Bertz CT molecular complexity index is 333. The van der Waals surface area contributed by atoms with Crippen molar-refractivity contribution in [3.63, 3.8) is 0 Å². The van der Waals surface area contributed by atoms with Crippen LogP contribution in [0.4, 0.5) is 5.69 Å². The van der Waals surface area contributed by atoms with Gasteiger partial charge in [-0.05, 0) is 18.1 Å². The lowest BCUT2D eigenvalue weighted by atomic mass is 10.1. The molecule has 16 heavy (non-hydrogen) atoms. The summed E-state index contributed by atoms with van der Waals surface area (Å²) in [7, 11) is 3.07. The van der Waals surface area contributed by atoms with Crippen molar-refractivity contribution in [3.05, 3.63) is 29.3 Å². The molecule has 0 heterocycles. The highest BCUT2D eigenvalue weighted by atomic mass is 79.9. The number of para-hydroxylation sites is 1. The second-order valence-corrected chi connectivity index (χ2v) is 3.75. The average Bonchev–Trinajstić information content (AvgIpc) is 2.31. The zero-order valence-electron chi connectivity index (χ0n) is 9.70. The second-order valence-electron chi connectivity index (χ2n) is 3.19. The maximum Gasteiger partial charge on any atom is 0.178 e. The van der Waals surface area contributed by atoms with Crippen LogP contribution >= 0.6 is 15.9 Å². The minimum atomic E-state index is 0.220. The lowest BCUT2D eigenvalue weighted by molar-refractivity contribution is -0.280. The standard InChI is InChI=1S/C11H16BrNO3/c1-9-5-4-6-10(7-12)11(9)13(14-2)8-16-15-3/h4-6H,7-8H2,1-3H3. The summed E-state index contributed by atoms with van der Waals surface area (Å²) in [4.78, 5) is 14.7. The molecule has 0 N–H and O–H groups in total. The molecule has 0 aliphatic rings. The highest BCUT2D eigenvalue weighted by molar-refractivity contribution is 9.08. The minimum Gasteiger partial charge on any atom is -0.274 e. The van der Waals surface area contributed by atoms with Crippen LogP contribution in [0, 0.1) is 6.92 Å². The molecule has 0 saturated heterocycles. The first-order valence-corrected chi connectivity index (χ1v) is 5.98. The second kappa shape index (κ2) is 6.85. The molecule has 90 valence electrons. The number of rotatable bonds is 6. The normalized spacial score (nSPS) is 10.5. The molecule has 0 amide bonds. The molecule has 0 unspecified atom stereocenters. The maximum atomic E-state index is 5.27. The summed E-state index contributed by atoms with van der Waals surface area (Å²) in [5, 5.41) is 2.41. The molecule has 0 aliphatic heterocycles. The van der Waals surface area contributed by atoms with E-state index in [1.807, 2.05) is 25.1 Å². The molecule has 0 radical (unpaired) electrons. The lowest BCUT2D eigenvalue weighted by Gasteiger charge is -2.24. The number of aryl methyl sites for hydroxylation is 1. The van der Waals surface area contributed by atoms with Gasteiger partial charge < -0.3 is 0 Å². The van der Waals surface area contributed by atoms with E-state index < -0.39 is 0 Å². The van der Waals surface area contributed by atoms with Crippen LogP contribution in [0.1, 0.15) is 11.1 Å². The Kier molecular flexibility index (Phi) is 5.76. The first kappa shape index (κ1) is 13.4. The first-order chi connectivity index (χ1) is 7.74. The van der Waals surface area contributed by atoms with E-state index in [0.29, 0.717) is 0 Å². The van der Waals surface area contributed by atoms with Crippen LogP contribution in [0.3, 0.4) is 0 Å². The fourth-order valence-electron chi connectivity index (χ4n) is 1.49. The van der Waals surface area contributed by atoms with E-state index >= 15 is 0 Å². The van der Waals surface area contributed by atoms with Gasteiger partial charge >= 0.3 is 0 Å². The van der Waals surface area contributed by atoms with Crippen molar-refractivity contribution in [3.8, 4) is 0 Å². The van der Waals surface area contributed by atoms with Gasteiger partial charge in [0.25, 0.3) is 0 Å². The van der Waals surface area contributed by atoms with Crippen molar-refractivity contribution < 1.29 is 14.6 Å². The first-order valence-electron chi connectivity index (χ1n) is 4.86. The molecule has 0 atom stereocenters. The van der Waals surface area contributed by atoms with E-state index in [4.69, 9.17) is 9.73 Å². The molecule has 0 aromatic heterocycles. The minimum absolute atomic E-state index is 0.220. The summed E-state index contributed by atoms with van der Waals surface area (Å²) >= 11 is 3.45. The van der Waals surface area contributed by atoms with Crippen LogP contribution in [-0.4, -0.2) is 21.0 Å². The summed E-state index contributed by atoms with van der Waals surface area (Å²) in [6.07, 6.45) is 0. The van der Waals surface area contributed by atoms with E-state index in [9.17, 15) is 0 Å². The molecule has 0 spiro atoms. The van der Waals surface area contributed by atoms with Crippen molar-refractivity contribution >= 4 is 21.6 Å². The third-order valence-electron chi connectivity index (χ3n) is 2.22. The number of hydrogen-bond donors (Lipinski definition) is 0. The number of alkyl halides is 1. The molecule has 1 aromatic carbocycles. The maximum absolute atomic E-state index is 5.27. The molecule has 4 nitrogen and oxygen atoms in total. The van der Waals surface area contributed by atoms with Gasteiger partial charge in [-0.1, -0.05) is 34.1 Å². The molecule has 0 bridgehead atoms. The Morgan fingerprint density at radius 2 is 2.06 bits per heavy atom. The topological polar surface area (TPSA) is 30.9 Å². The molecular formula is C11H16BrNO3. The van der Waals surface area contributed by atoms with Gasteiger partial charge in [0, 0.05) is 5.33 Å². The Balaban J connectivity index is 2.97. The Morgan fingerprint density at radius 1 is 1.31 bits per heavy atom. The fourth-order valence-corrected chi connectivity index (χ4v) is 1.95.